The molecule has 0 aliphatic rings. The van der Waals surface area contributed by atoms with Gasteiger partial charge in [0.2, 0.25) is 0 Å². The van der Waals surface area contributed by atoms with Gasteiger partial charge in [0.25, 0.3) is 0 Å². The molecule has 0 saturated carbocycles. The Balaban J connectivity index is 0. The van der Waals surface area contributed by atoms with Crippen LogP contribution in [0.5, 0.6) is 0 Å². The number of allylic oxidation sites excluding steroid dienone is 1. The first kappa shape index (κ1) is 32.3. The van der Waals surface area contributed by atoms with E-state index >= 15 is 0 Å². The summed E-state index contributed by atoms with van der Waals surface area (Å²) in [5.74, 6) is 0. The Hall–Kier alpha value is -0.930. The number of hydrogen-bond donors (Lipinski definition) is 1. The van der Waals surface area contributed by atoms with Gasteiger partial charge in [-0.3, -0.25) is 0 Å². The molecule has 0 heterocycles. The van der Waals surface area contributed by atoms with Crippen molar-refractivity contribution in [2.45, 2.75) is 79.8 Å². The molecule has 2 nitrogen and oxygen atoms in total. The number of halogens is 4. The highest BCUT2D eigenvalue weighted by atomic mass is 35.5. The minimum Gasteiger partial charge on any atom is -0.397 e. The second-order valence-corrected chi connectivity index (χ2v) is 9.38. The van der Waals surface area contributed by atoms with Crippen LogP contribution in [0.3, 0.4) is 0 Å². The molecule has 0 amide bonds. The van der Waals surface area contributed by atoms with E-state index in [0.29, 0.717) is 5.56 Å². The zero-order valence-corrected chi connectivity index (χ0v) is 22.0. The van der Waals surface area contributed by atoms with Gasteiger partial charge in [0.05, 0.1) is 16.3 Å². The molecule has 0 aromatic heterocycles. The van der Waals surface area contributed by atoms with E-state index < -0.39 is 17.4 Å². The van der Waals surface area contributed by atoms with E-state index in [9.17, 15) is 13.2 Å². The van der Waals surface area contributed by atoms with Crippen LogP contribution in [-0.4, -0.2) is 30.3 Å². The molecule has 0 aliphatic carbocycles. The van der Waals surface area contributed by atoms with Crippen LogP contribution in [0, 0.1) is 6.92 Å². The SMILES string of the molecule is C=C(CC)N(CC)CCCC.CCCCPCC.Cc1cc(Cl)c(N)c(C(F)(F)F)c1. The number of rotatable bonds is 10. The van der Waals surface area contributed by atoms with Crippen molar-refractivity contribution < 1.29 is 13.2 Å². The van der Waals surface area contributed by atoms with Gasteiger partial charge in [0.1, 0.15) is 0 Å². The second kappa shape index (κ2) is 18.6. The van der Waals surface area contributed by atoms with Gasteiger partial charge in [-0.2, -0.15) is 13.2 Å². The van der Waals surface area contributed by atoms with Crippen LogP contribution in [0.1, 0.15) is 77.8 Å². The van der Waals surface area contributed by atoms with E-state index in [1.54, 1.807) is 0 Å². The van der Waals surface area contributed by atoms with E-state index in [1.807, 2.05) is 0 Å². The van der Waals surface area contributed by atoms with Crippen LogP contribution in [0.4, 0.5) is 18.9 Å². The van der Waals surface area contributed by atoms with E-state index in [1.165, 1.54) is 71.8 Å². The third-order valence-corrected chi connectivity index (χ3v) is 6.07. The predicted molar refractivity (Wildman–Crippen MR) is 136 cm³/mol. The van der Waals surface area contributed by atoms with Crippen LogP contribution in [0.2, 0.25) is 5.02 Å². The van der Waals surface area contributed by atoms with Gasteiger partial charge in [0, 0.05) is 18.8 Å². The number of nitrogens with two attached hydrogens (primary N) is 1. The molecule has 1 unspecified atom stereocenters. The van der Waals surface area contributed by atoms with Crippen molar-refractivity contribution in [1.29, 1.82) is 0 Å². The van der Waals surface area contributed by atoms with Crippen LogP contribution in [0.25, 0.3) is 0 Å². The number of nitrogens with zero attached hydrogens (tertiary/aromatic N) is 1. The lowest BCUT2D eigenvalue weighted by atomic mass is 10.1. The van der Waals surface area contributed by atoms with E-state index in [0.717, 1.165) is 19.0 Å². The first-order chi connectivity index (χ1) is 14.5. The summed E-state index contributed by atoms with van der Waals surface area (Å²) in [6, 6.07) is 2.37. The Morgan fingerprint density at radius 2 is 1.68 bits per heavy atom. The standard InChI is InChI=1S/C10H21N.C8H7ClF3N.C6H15P/c1-5-8-9-11(7-3)10(4)6-2;1-4-2-5(8(10,11)12)7(13)6(9)3-4;1-3-5-6-7-4-2/h4-9H2,1-3H3;2-3H,13H2,1H3;7H,3-6H2,1-2H3. The van der Waals surface area contributed by atoms with Gasteiger partial charge in [-0.1, -0.05) is 58.7 Å². The Bertz CT molecular complexity index is 603. The normalized spacial score (nSPS) is 10.9. The van der Waals surface area contributed by atoms with E-state index in [4.69, 9.17) is 17.3 Å². The van der Waals surface area contributed by atoms with Crippen molar-refractivity contribution in [3.05, 3.63) is 40.6 Å². The Kier molecular flexibility index (Phi) is 19.4. The highest BCUT2D eigenvalue weighted by Crippen LogP contribution is 2.37. The molecule has 0 aliphatic heterocycles. The molecule has 31 heavy (non-hydrogen) atoms. The number of hydrogen-bond acceptors (Lipinski definition) is 2. The number of aryl methyl sites for hydroxylation is 1. The minimum atomic E-state index is -4.44. The molecule has 0 bridgehead atoms. The molecule has 0 radical (unpaired) electrons. The highest BCUT2D eigenvalue weighted by Gasteiger charge is 2.33. The van der Waals surface area contributed by atoms with Gasteiger partial charge in [-0.25, -0.2) is 0 Å². The molecule has 1 aromatic carbocycles. The second-order valence-electron chi connectivity index (χ2n) is 7.27. The van der Waals surface area contributed by atoms with Gasteiger partial charge in [-0.05, 0) is 63.1 Å². The van der Waals surface area contributed by atoms with Crippen LogP contribution in [0.15, 0.2) is 24.4 Å². The van der Waals surface area contributed by atoms with Crippen molar-refractivity contribution in [3.63, 3.8) is 0 Å². The summed E-state index contributed by atoms with van der Waals surface area (Å²) in [7, 11) is 1.22. The van der Waals surface area contributed by atoms with Crippen molar-refractivity contribution in [3.8, 4) is 0 Å². The molecule has 0 spiro atoms. The number of benzene rings is 1. The van der Waals surface area contributed by atoms with E-state index in [2.05, 4.69) is 46.1 Å². The van der Waals surface area contributed by atoms with E-state index in [-0.39, 0.29) is 5.02 Å². The van der Waals surface area contributed by atoms with Crippen molar-refractivity contribution in [2.75, 3.05) is 31.1 Å². The van der Waals surface area contributed by atoms with Gasteiger partial charge < -0.3 is 10.6 Å². The predicted octanol–water partition coefficient (Wildman–Crippen LogP) is 8.77. The molecule has 0 saturated heterocycles. The summed E-state index contributed by atoms with van der Waals surface area (Å²) in [4.78, 5) is 2.36. The molecule has 1 atom stereocenters. The lowest BCUT2D eigenvalue weighted by Crippen LogP contribution is -2.22. The Morgan fingerprint density at radius 3 is 2.10 bits per heavy atom. The maximum atomic E-state index is 12.3. The summed E-state index contributed by atoms with van der Waals surface area (Å²) in [5, 5.41) is -0.0627. The summed E-state index contributed by atoms with van der Waals surface area (Å²) >= 11 is 5.50. The topological polar surface area (TPSA) is 29.3 Å². The molecule has 0 fully saturated rings. The fourth-order valence-electron chi connectivity index (χ4n) is 2.58. The Morgan fingerprint density at radius 1 is 1.10 bits per heavy atom. The van der Waals surface area contributed by atoms with Crippen LogP contribution >= 0.6 is 20.2 Å². The molecular formula is C24H43ClF3N2P. The molecule has 1 aromatic rings. The van der Waals surface area contributed by atoms with Crippen LogP contribution < -0.4 is 5.73 Å². The summed E-state index contributed by atoms with van der Waals surface area (Å²) in [6.45, 7) is 18.9. The van der Waals surface area contributed by atoms with Gasteiger partial charge >= 0.3 is 6.18 Å². The third kappa shape index (κ3) is 15.5. The van der Waals surface area contributed by atoms with Gasteiger partial charge in [0.15, 0.2) is 0 Å². The lowest BCUT2D eigenvalue weighted by molar-refractivity contribution is -0.136. The molecular weight excluding hydrogens is 440 g/mol. The first-order valence-electron chi connectivity index (χ1n) is 11.3. The molecule has 7 heteroatoms. The summed E-state index contributed by atoms with van der Waals surface area (Å²) in [5.41, 5.74) is 5.61. The number of anilines is 1. The smallest absolute Gasteiger partial charge is 0.397 e. The summed E-state index contributed by atoms with van der Waals surface area (Å²) < 4.78 is 36.8. The maximum absolute atomic E-state index is 12.3. The summed E-state index contributed by atoms with van der Waals surface area (Å²) in [6.07, 6.45) is 4.85. The monoisotopic (exact) mass is 482 g/mol. The fourth-order valence-corrected chi connectivity index (χ4v) is 3.81. The first-order valence-corrected chi connectivity index (χ1v) is 13.0. The third-order valence-electron chi connectivity index (χ3n) is 4.56. The quantitative estimate of drug-likeness (QED) is 0.205. The Labute approximate surface area is 195 Å². The average Bonchev–Trinajstić information content (AvgIpc) is 2.71. The number of unbranched alkanes of at least 4 members (excludes halogenated alkanes) is 2. The minimum absolute atomic E-state index is 0.0627. The largest absolute Gasteiger partial charge is 0.418 e. The number of alkyl halides is 3. The highest BCUT2D eigenvalue weighted by molar-refractivity contribution is 7.37. The van der Waals surface area contributed by atoms with Crippen molar-refractivity contribution in [2.24, 2.45) is 0 Å². The lowest BCUT2D eigenvalue weighted by Gasteiger charge is -2.24. The maximum Gasteiger partial charge on any atom is 0.418 e. The molecule has 2 N–H and O–H groups in total. The zero-order chi connectivity index (χ0) is 24.4. The number of nitrogen functional groups attached to an aromatic ring is 1. The van der Waals surface area contributed by atoms with Gasteiger partial charge in [-0.15, -0.1) is 8.58 Å². The van der Waals surface area contributed by atoms with Crippen LogP contribution in [-0.2, 0) is 6.18 Å². The molecule has 1 rings (SSSR count). The average molecular weight is 483 g/mol. The molecule has 182 valence electrons. The van der Waals surface area contributed by atoms with Crippen molar-refractivity contribution >= 4 is 25.9 Å². The van der Waals surface area contributed by atoms with Crippen molar-refractivity contribution in [1.82, 2.24) is 4.90 Å². The fraction of sp³-hybridized carbons (Fsp3) is 0.667. The zero-order valence-electron chi connectivity index (χ0n) is 20.3.